The van der Waals surface area contributed by atoms with Crippen LogP contribution >= 0.6 is 11.8 Å². The molecule has 0 radical (unpaired) electrons. The zero-order chi connectivity index (χ0) is 14.7. The SMILES string of the molecule is Cc1cnc(N2CCCC(C(=O)N3CCSCC3)C2)nc1. The highest BCUT2D eigenvalue weighted by Crippen LogP contribution is 2.23. The van der Waals surface area contributed by atoms with Gasteiger partial charge in [-0.3, -0.25) is 4.79 Å². The van der Waals surface area contributed by atoms with Crippen molar-refractivity contribution in [1.82, 2.24) is 14.9 Å². The van der Waals surface area contributed by atoms with Crippen LogP contribution < -0.4 is 4.90 Å². The lowest BCUT2D eigenvalue weighted by atomic mass is 9.96. The summed E-state index contributed by atoms with van der Waals surface area (Å²) in [4.78, 5) is 25.6. The standard InChI is InChI=1S/C15H22N4OS/c1-12-9-16-15(17-10-12)19-4-2-3-13(11-19)14(20)18-5-7-21-8-6-18/h9-10,13H,2-8,11H2,1H3. The maximum atomic E-state index is 12.6. The van der Waals surface area contributed by atoms with Gasteiger partial charge in [-0.1, -0.05) is 0 Å². The van der Waals surface area contributed by atoms with Gasteiger partial charge in [0, 0.05) is 50.1 Å². The van der Waals surface area contributed by atoms with Crippen molar-refractivity contribution in [2.45, 2.75) is 19.8 Å². The Balaban J connectivity index is 1.64. The minimum atomic E-state index is 0.103. The van der Waals surface area contributed by atoms with Crippen LogP contribution in [-0.2, 0) is 4.79 Å². The van der Waals surface area contributed by atoms with Crippen LogP contribution in [0.1, 0.15) is 18.4 Å². The number of amides is 1. The van der Waals surface area contributed by atoms with E-state index in [4.69, 9.17) is 0 Å². The average molecular weight is 306 g/mol. The van der Waals surface area contributed by atoms with Gasteiger partial charge in [0.05, 0.1) is 5.92 Å². The first kappa shape index (κ1) is 14.6. The molecule has 21 heavy (non-hydrogen) atoms. The fourth-order valence-corrected chi connectivity index (χ4v) is 3.85. The second-order valence-corrected chi connectivity index (χ2v) is 7.01. The van der Waals surface area contributed by atoms with Crippen molar-refractivity contribution in [3.8, 4) is 0 Å². The second-order valence-electron chi connectivity index (χ2n) is 5.78. The van der Waals surface area contributed by atoms with Gasteiger partial charge in [0.2, 0.25) is 11.9 Å². The Morgan fingerprint density at radius 2 is 1.95 bits per heavy atom. The third-order valence-electron chi connectivity index (χ3n) is 4.14. The molecule has 114 valence electrons. The van der Waals surface area contributed by atoms with Gasteiger partial charge in [0.25, 0.3) is 0 Å². The highest BCUT2D eigenvalue weighted by molar-refractivity contribution is 7.99. The Morgan fingerprint density at radius 1 is 1.24 bits per heavy atom. The lowest BCUT2D eigenvalue weighted by Crippen LogP contribution is -2.47. The number of aromatic nitrogens is 2. The van der Waals surface area contributed by atoms with Crippen LogP contribution in [0.3, 0.4) is 0 Å². The molecule has 1 aromatic rings. The van der Waals surface area contributed by atoms with E-state index < -0.39 is 0 Å². The predicted molar refractivity (Wildman–Crippen MR) is 85.6 cm³/mol. The fourth-order valence-electron chi connectivity index (χ4n) is 2.95. The van der Waals surface area contributed by atoms with Gasteiger partial charge in [-0.05, 0) is 25.3 Å². The Kier molecular flexibility index (Phi) is 4.63. The van der Waals surface area contributed by atoms with Gasteiger partial charge < -0.3 is 9.80 Å². The number of rotatable bonds is 2. The highest BCUT2D eigenvalue weighted by atomic mass is 32.2. The maximum Gasteiger partial charge on any atom is 0.227 e. The molecule has 0 aromatic carbocycles. The van der Waals surface area contributed by atoms with Crippen molar-refractivity contribution in [2.75, 3.05) is 42.6 Å². The maximum absolute atomic E-state index is 12.6. The molecule has 2 aliphatic heterocycles. The van der Waals surface area contributed by atoms with Gasteiger partial charge in [-0.2, -0.15) is 11.8 Å². The molecule has 2 aliphatic rings. The molecular formula is C15H22N4OS. The molecule has 5 nitrogen and oxygen atoms in total. The summed E-state index contributed by atoms with van der Waals surface area (Å²) in [5, 5.41) is 0. The zero-order valence-electron chi connectivity index (χ0n) is 12.5. The highest BCUT2D eigenvalue weighted by Gasteiger charge is 2.30. The van der Waals surface area contributed by atoms with Gasteiger partial charge in [0.15, 0.2) is 0 Å². The van der Waals surface area contributed by atoms with E-state index in [0.717, 1.165) is 62.0 Å². The molecule has 6 heteroatoms. The van der Waals surface area contributed by atoms with Gasteiger partial charge in [-0.15, -0.1) is 0 Å². The Labute approximate surface area is 130 Å². The molecule has 3 heterocycles. The van der Waals surface area contributed by atoms with Crippen LogP contribution in [0.5, 0.6) is 0 Å². The van der Waals surface area contributed by atoms with Crippen molar-refractivity contribution in [3.05, 3.63) is 18.0 Å². The summed E-state index contributed by atoms with van der Waals surface area (Å²) in [6.07, 6.45) is 5.71. The molecule has 1 amide bonds. The minimum absolute atomic E-state index is 0.103. The van der Waals surface area contributed by atoms with Gasteiger partial charge in [-0.25, -0.2) is 9.97 Å². The number of anilines is 1. The number of aryl methyl sites for hydroxylation is 1. The van der Waals surface area contributed by atoms with Crippen LogP contribution in [-0.4, -0.2) is 58.5 Å². The van der Waals surface area contributed by atoms with Crippen LogP contribution in [0.15, 0.2) is 12.4 Å². The Bertz CT molecular complexity index is 487. The van der Waals surface area contributed by atoms with Crippen LogP contribution in [0.2, 0.25) is 0 Å². The molecule has 0 saturated carbocycles. The van der Waals surface area contributed by atoms with Crippen LogP contribution in [0.4, 0.5) is 5.95 Å². The van der Waals surface area contributed by atoms with E-state index in [-0.39, 0.29) is 5.92 Å². The van der Waals surface area contributed by atoms with E-state index in [1.165, 1.54) is 0 Å². The summed E-state index contributed by atoms with van der Waals surface area (Å²) in [5.74, 6) is 3.33. The lowest BCUT2D eigenvalue weighted by molar-refractivity contribution is -0.135. The molecule has 0 spiro atoms. The first-order valence-electron chi connectivity index (χ1n) is 7.64. The van der Waals surface area contributed by atoms with E-state index in [1.807, 2.05) is 36.0 Å². The largest absolute Gasteiger partial charge is 0.341 e. The summed E-state index contributed by atoms with van der Waals surface area (Å²) in [5.41, 5.74) is 1.06. The summed E-state index contributed by atoms with van der Waals surface area (Å²) in [6, 6.07) is 0. The van der Waals surface area contributed by atoms with E-state index >= 15 is 0 Å². The lowest BCUT2D eigenvalue weighted by Gasteiger charge is -2.36. The molecule has 0 N–H and O–H groups in total. The summed E-state index contributed by atoms with van der Waals surface area (Å²) >= 11 is 1.94. The Morgan fingerprint density at radius 3 is 2.67 bits per heavy atom. The topological polar surface area (TPSA) is 49.3 Å². The second kappa shape index (κ2) is 6.64. The predicted octanol–water partition coefficient (Wildman–Crippen LogP) is 1.58. The van der Waals surface area contributed by atoms with Gasteiger partial charge >= 0.3 is 0 Å². The van der Waals surface area contributed by atoms with E-state index in [2.05, 4.69) is 14.9 Å². The van der Waals surface area contributed by atoms with Crippen molar-refractivity contribution in [3.63, 3.8) is 0 Å². The van der Waals surface area contributed by atoms with Crippen LogP contribution in [0, 0.1) is 12.8 Å². The van der Waals surface area contributed by atoms with Crippen molar-refractivity contribution < 1.29 is 4.79 Å². The van der Waals surface area contributed by atoms with Crippen molar-refractivity contribution in [1.29, 1.82) is 0 Å². The first-order valence-corrected chi connectivity index (χ1v) is 8.79. The number of carbonyl (C=O) groups excluding carboxylic acids is 1. The van der Waals surface area contributed by atoms with E-state index in [9.17, 15) is 4.79 Å². The molecular weight excluding hydrogens is 284 g/mol. The molecule has 3 rings (SSSR count). The number of thioether (sulfide) groups is 1. The molecule has 0 aliphatic carbocycles. The van der Waals surface area contributed by atoms with Crippen LogP contribution in [0.25, 0.3) is 0 Å². The zero-order valence-corrected chi connectivity index (χ0v) is 13.3. The number of nitrogens with zero attached hydrogens (tertiary/aromatic N) is 4. The van der Waals surface area contributed by atoms with Crippen molar-refractivity contribution in [2.24, 2.45) is 5.92 Å². The normalized spacial score (nSPS) is 23.2. The molecule has 1 unspecified atom stereocenters. The number of hydrogen-bond acceptors (Lipinski definition) is 5. The smallest absolute Gasteiger partial charge is 0.227 e. The summed E-state index contributed by atoms with van der Waals surface area (Å²) in [7, 11) is 0. The van der Waals surface area contributed by atoms with Crippen molar-refractivity contribution >= 4 is 23.6 Å². The number of hydrogen-bond donors (Lipinski definition) is 0. The summed E-state index contributed by atoms with van der Waals surface area (Å²) in [6.45, 7) is 5.50. The molecule has 2 fully saturated rings. The average Bonchev–Trinajstić information content (AvgIpc) is 2.56. The summed E-state index contributed by atoms with van der Waals surface area (Å²) < 4.78 is 0. The fraction of sp³-hybridized carbons (Fsp3) is 0.667. The van der Waals surface area contributed by atoms with Gasteiger partial charge in [0.1, 0.15) is 0 Å². The Hall–Kier alpha value is -1.30. The van der Waals surface area contributed by atoms with E-state index in [0.29, 0.717) is 5.91 Å². The molecule has 1 atom stereocenters. The molecule has 1 aromatic heterocycles. The number of piperidine rings is 1. The van der Waals surface area contributed by atoms with E-state index in [1.54, 1.807) is 0 Å². The molecule has 2 saturated heterocycles. The monoisotopic (exact) mass is 306 g/mol. The first-order chi connectivity index (χ1) is 10.2. The quantitative estimate of drug-likeness (QED) is 0.830. The third kappa shape index (κ3) is 3.48. The number of carbonyl (C=O) groups is 1. The molecule has 0 bridgehead atoms. The third-order valence-corrected chi connectivity index (χ3v) is 5.09. The minimum Gasteiger partial charge on any atom is -0.341 e.